The summed E-state index contributed by atoms with van der Waals surface area (Å²) in [6.45, 7) is 0. The van der Waals surface area contributed by atoms with Crippen LogP contribution in [0, 0.1) is 5.41 Å². The molecule has 0 aliphatic carbocycles. The van der Waals surface area contributed by atoms with Gasteiger partial charge in [-0.1, -0.05) is 6.42 Å². The first-order valence-electron chi connectivity index (χ1n) is 3.85. The molecule has 0 heterocycles. The quantitative estimate of drug-likeness (QED) is 0.287. The molecule has 0 saturated carbocycles. The molecule has 0 saturated heterocycles. The van der Waals surface area contributed by atoms with Crippen LogP contribution in [-0.4, -0.2) is 23.0 Å². The van der Waals surface area contributed by atoms with Gasteiger partial charge in [-0.2, -0.15) is 0 Å². The summed E-state index contributed by atoms with van der Waals surface area (Å²) in [4.78, 5) is 10.2. The van der Waals surface area contributed by atoms with E-state index in [9.17, 15) is 4.79 Å². The maximum atomic E-state index is 10.2. The first-order valence-corrected chi connectivity index (χ1v) is 3.85. The van der Waals surface area contributed by atoms with Crippen LogP contribution in [0.5, 0.6) is 0 Å². The van der Waals surface area contributed by atoms with Crippen LogP contribution < -0.4 is 11.5 Å². The smallest absolute Gasteiger partial charge is 0.320 e. The minimum absolute atomic E-state index is 0. The van der Waals surface area contributed by atoms with E-state index in [0.29, 0.717) is 19.3 Å². The van der Waals surface area contributed by atoms with E-state index in [4.69, 9.17) is 22.0 Å². The molecular formula is C7H16ClN3O2. The Morgan fingerprint density at radius 1 is 1.46 bits per heavy atom. The van der Waals surface area contributed by atoms with Gasteiger partial charge in [0.05, 0.1) is 5.84 Å². The normalized spacial score (nSPS) is 11.5. The Labute approximate surface area is 83.4 Å². The highest BCUT2D eigenvalue weighted by Gasteiger charge is 2.09. The molecule has 78 valence electrons. The minimum atomic E-state index is -0.974. The standard InChI is InChI=1S/C7H15N3O2.ClH/c8-5(7(11)12)3-1-2-4-6(9)10;/h5H,1-4,8H2,(H3,9,10)(H,11,12);1H/t5-;/m0./s1. The fourth-order valence-corrected chi connectivity index (χ4v) is 0.803. The molecule has 1 atom stereocenters. The van der Waals surface area contributed by atoms with Gasteiger partial charge in [-0.15, -0.1) is 12.4 Å². The number of nitrogens with two attached hydrogens (primary N) is 2. The SMILES string of the molecule is Cl.N=C(N)CCCC[C@H](N)C(=O)O. The number of amidine groups is 1. The highest BCUT2D eigenvalue weighted by atomic mass is 35.5. The second-order valence-corrected chi connectivity index (χ2v) is 2.72. The van der Waals surface area contributed by atoms with Crippen LogP contribution in [0.4, 0.5) is 0 Å². The van der Waals surface area contributed by atoms with Gasteiger partial charge < -0.3 is 16.6 Å². The van der Waals surface area contributed by atoms with Crippen molar-refractivity contribution in [3.63, 3.8) is 0 Å². The maximum absolute atomic E-state index is 10.2. The van der Waals surface area contributed by atoms with Crippen LogP contribution in [0.1, 0.15) is 25.7 Å². The average Bonchev–Trinajstić information content (AvgIpc) is 1.97. The van der Waals surface area contributed by atoms with E-state index in [-0.39, 0.29) is 18.2 Å². The molecule has 0 spiro atoms. The van der Waals surface area contributed by atoms with E-state index >= 15 is 0 Å². The van der Waals surface area contributed by atoms with E-state index in [1.165, 1.54) is 0 Å². The molecule has 0 aromatic carbocycles. The van der Waals surface area contributed by atoms with Crippen molar-refractivity contribution in [1.82, 2.24) is 0 Å². The number of hydrogen-bond donors (Lipinski definition) is 4. The summed E-state index contributed by atoms with van der Waals surface area (Å²) in [6, 6.07) is -0.781. The number of carboxylic acids is 1. The van der Waals surface area contributed by atoms with Crippen LogP contribution in [0.25, 0.3) is 0 Å². The second-order valence-electron chi connectivity index (χ2n) is 2.72. The van der Waals surface area contributed by atoms with Crippen LogP contribution in [0.2, 0.25) is 0 Å². The number of nitrogens with one attached hydrogen (secondary N) is 1. The summed E-state index contributed by atoms with van der Waals surface area (Å²) in [7, 11) is 0. The van der Waals surface area contributed by atoms with Crippen molar-refractivity contribution in [2.75, 3.05) is 0 Å². The number of carboxylic acid groups (broad SMARTS) is 1. The minimum Gasteiger partial charge on any atom is -0.480 e. The molecule has 0 radical (unpaired) electrons. The van der Waals surface area contributed by atoms with Gasteiger partial charge in [-0.3, -0.25) is 10.2 Å². The van der Waals surface area contributed by atoms with Crippen molar-refractivity contribution in [2.45, 2.75) is 31.7 Å². The third-order valence-corrected chi connectivity index (χ3v) is 1.53. The van der Waals surface area contributed by atoms with Crippen molar-refractivity contribution in [3.8, 4) is 0 Å². The fourth-order valence-electron chi connectivity index (χ4n) is 0.803. The molecule has 0 aromatic heterocycles. The molecule has 0 aliphatic rings. The first-order chi connectivity index (χ1) is 5.54. The zero-order valence-electron chi connectivity index (χ0n) is 7.32. The van der Waals surface area contributed by atoms with Gasteiger partial charge in [0.25, 0.3) is 0 Å². The summed E-state index contributed by atoms with van der Waals surface area (Å²) in [6.07, 6.45) is 2.40. The van der Waals surface area contributed by atoms with Crippen molar-refractivity contribution < 1.29 is 9.90 Å². The van der Waals surface area contributed by atoms with Crippen LogP contribution in [0.3, 0.4) is 0 Å². The van der Waals surface area contributed by atoms with Gasteiger partial charge in [0.2, 0.25) is 0 Å². The highest BCUT2D eigenvalue weighted by molar-refractivity contribution is 5.85. The van der Waals surface area contributed by atoms with Gasteiger partial charge in [-0.25, -0.2) is 0 Å². The Hall–Kier alpha value is -0.810. The molecule has 0 unspecified atom stereocenters. The largest absolute Gasteiger partial charge is 0.480 e. The Balaban J connectivity index is 0. The molecule has 0 bridgehead atoms. The summed E-state index contributed by atoms with van der Waals surface area (Å²) >= 11 is 0. The second kappa shape index (κ2) is 7.82. The highest BCUT2D eigenvalue weighted by Crippen LogP contribution is 2.01. The number of rotatable bonds is 6. The number of carbonyl (C=O) groups is 1. The van der Waals surface area contributed by atoms with E-state index in [1.54, 1.807) is 0 Å². The number of aliphatic carboxylic acids is 1. The van der Waals surface area contributed by atoms with Crippen molar-refractivity contribution in [2.24, 2.45) is 11.5 Å². The molecule has 0 fully saturated rings. The molecule has 6 heteroatoms. The van der Waals surface area contributed by atoms with Gasteiger partial charge in [0, 0.05) is 6.42 Å². The lowest BCUT2D eigenvalue weighted by atomic mass is 10.1. The summed E-state index contributed by atoms with van der Waals surface area (Å²) < 4.78 is 0. The molecule has 6 N–H and O–H groups in total. The Morgan fingerprint density at radius 2 is 2.00 bits per heavy atom. The maximum Gasteiger partial charge on any atom is 0.320 e. The lowest BCUT2D eigenvalue weighted by molar-refractivity contribution is -0.138. The molecule has 0 aliphatic heterocycles. The zero-order valence-corrected chi connectivity index (χ0v) is 8.14. The van der Waals surface area contributed by atoms with Crippen LogP contribution >= 0.6 is 12.4 Å². The lowest BCUT2D eigenvalue weighted by Crippen LogP contribution is -2.29. The molecule has 13 heavy (non-hydrogen) atoms. The average molecular weight is 210 g/mol. The number of halogens is 1. The Morgan fingerprint density at radius 3 is 2.38 bits per heavy atom. The Kier molecular flexibility index (Phi) is 8.84. The number of hydrogen-bond acceptors (Lipinski definition) is 3. The lowest BCUT2D eigenvalue weighted by Gasteiger charge is -2.04. The van der Waals surface area contributed by atoms with Crippen LogP contribution in [-0.2, 0) is 4.79 Å². The van der Waals surface area contributed by atoms with Crippen molar-refractivity contribution in [1.29, 1.82) is 5.41 Å². The molecule has 0 aromatic rings. The molecule has 0 amide bonds. The third kappa shape index (κ3) is 9.10. The monoisotopic (exact) mass is 209 g/mol. The van der Waals surface area contributed by atoms with Crippen molar-refractivity contribution in [3.05, 3.63) is 0 Å². The first kappa shape index (κ1) is 14.7. The molecule has 5 nitrogen and oxygen atoms in total. The van der Waals surface area contributed by atoms with E-state index in [0.717, 1.165) is 6.42 Å². The van der Waals surface area contributed by atoms with Gasteiger partial charge in [0.1, 0.15) is 6.04 Å². The molecule has 0 rings (SSSR count). The fraction of sp³-hybridized carbons (Fsp3) is 0.714. The summed E-state index contributed by atoms with van der Waals surface area (Å²) in [5.41, 5.74) is 10.4. The van der Waals surface area contributed by atoms with Crippen molar-refractivity contribution >= 4 is 24.2 Å². The predicted octanol–water partition coefficient (Wildman–Crippen LogP) is 0.316. The van der Waals surface area contributed by atoms with E-state index < -0.39 is 12.0 Å². The van der Waals surface area contributed by atoms with E-state index in [1.807, 2.05) is 0 Å². The zero-order chi connectivity index (χ0) is 9.56. The van der Waals surface area contributed by atoms with Gasteiger partial charge in [-0.05, 0) is 12.8 Å². The van der Waals surface area contributed by atoms with E-state index in [2.05, 4.69) is 0 Å². The van der Waals surface area contributed by atoms with Gasteiger partial charge >= 0.3 is 5.97 Å². The topological polar surface area (TPSA) is 113 Å². The van der Waals surface area contributed by atoms with Crippen LogP contribution in [0.15, 0.2) is 0 Å². The van der Waals surface area contributed by atoms with Gasteiger partial charge in [0.15, 0.2) is 0 Å². The summed E-state index contributed by atoms with van der Waals surface area (Å²) in [5.74, 6) is -0.836. The predicted molar refractivity (Wildman–Crippen MR) is 53.2 cm³/mol. The molecular weight excluding hydrogens is 194 g/mol. The Bertz CT molecular complexity index is 175. The third-order valence-electron chi connectivity index (χ3n) is 1.53. The summed E-state index contributed by atoms with van der Waals surface area (Å²) in [5, 5.41) is 15.3. The number of unbranched alkanes of at least 4 members (excludes halogenated alkanes) is 1.